The highest BCUT2D eigenvalue weighted by Crippen LogP contribution is 2.18. The van der Waals surface area contributed by atoms with Crippen molar-refractivity contribution in [3.05, 3.63) is 84.4 Å². The fraction of sp³-hybridized carbons (Fsp3) is 0. The number of ether oxygens (including phenoxy) is 1. The molecule has 2 aromatic heterocycles. The van der Waals surface area contributed by atoms with Gasteiger partial charge >= 0.3 is 11.9 Å². The molecule has 0 unspecified atom stereocenters. The molecule has 0 bridgehead atoms. The van der Waals surface area contributed by atoms with E-state index >= 15 is 0 Å². The number of hydrogen-bond donors (Lipinski definition) is 0. The van der Waals surface area contributed by atoms with Crippen LogP contribution in [0.25, 0.3) is 21.5 Å². The molecule has 0 saturated carbocycles. The van der Waals surface area contributed by atoms with E-state index in [1.54, 1.807) is 73.3 Å². The minimum absolute atomic E-state index is 0.317. The third-order valence-electron chi connectivity index (χ3n) is 3.94. The lowest BCUT2D eigenvalue weighted by Gasteiger charge is -2.05. The molecule has 0 atom stereocenters. The summed E-state index contributed by atoms with van der Waals surface area (Å²) in [5, 5.41) is 3.53. The highest BCUT2D eigenvalue weighted by atomic mass is 16.6. The van der Waals surface area contributed by atoms with Crippen molar-refractivity contribution in [3.63, 3.8) is 0 Å². The molecule has 0 aliphatic rings. The van der Waals surface area contributed by atoms with Crippen LogP contribution in [0.1, 0.15) is 20.7 Å². The van der Waals surface area contributed by atoms with Crippen LogP contribution in [0.4, 0.5) is 0 Å². The first-order valence-electron chi connectivity index (χ1n) is 7.65. The molecule has 4 rings (SSSR count). The highest BCUT2D eigenvalue weighted by molar-refractivity contribution is 6.05. The lowest BCUT2D eigenvalue weighted by molar-refractivity contribution is 0.0398. The van der Waals surface area contributed by atoms with Crippen molar-refractivity contribution >= 4 is 33.5 Å². The van der Waals surface area contributed by atoms with Crippen LogP contribution in [0.2, 0.25) is 0 Å². The SMILES string of the molecule is O=C(OC(=O)c1ccc2cnccc2c1)c1ccc2cnccc2c1. The molecule has 0 fully saturated rings. The number of hydrogen-bond acceptors (Lipinski definition) is 5. The molecule has 120 valence electrons. The first-order valence-corrected chi connectivity index (χ1v) is 7.65. The van der Waals surface area contributed by atoms with Crippen LogP contribution in [0.5, 0.6) is 0 Å². The number of fused-ring (bicyclic) bond motifs is 2. The summed E-state index contributed by atoms with van der Waals surface area (Å²) in [6.45, 7) is 0. The summed E-state index contributed by atoms with van der Waals surface area (Å²) in [7, 11) is 0. The van der Waals surface area contributed by atoms with Crippen LogP contribution < -0.4 is 0 Å². The average molecular weight is 328 g/mol. The van der Waals surface area contributed by atoms with Crippen LogP contribution in [0.3, 0.4) is 0 Å². The summed E-state index contributed by atoms with van der Waals surface area (Å²) in [6, 6.07) is 13.7. The Balaban J connectivity index is 1.58. The Bertz CT molecular complexity index is 1030. The Morgan fingerprint density at radius 2 is 1.12 bits per heavy atom. The zero-order valence-corrected chi connectivity index (χ0v) is 13.0. The number of nitrogens with zero attached hydrogens (tertiary/aromatic N) is 2. The first kappa shape index (κ1) is 15.0. The summed E-state index contributed by atoms with van der Waals surface area (Å²) in [5.74, 6) is -1.36. The van der Waals surface area contributed by atoms with Crippen molar-refractivity contribution in [2.75, 3.05) is 0 Å². The van der Waals surface area contributed by atoms with E-state index in [1.807, 2.05) is 0 Å². The van der Waals surface area contributed by atoms with Crippen molar-refractivity contribution in [1.29, 1.82) is 0 Å². The van der Waals surface area contributed by atoms with Crippen molar-refractivity contribution in [1.82, 2.24) is 9.97 Å². The Labute approximate surface area is 142 Å². The molecule has 0 N–H and O–H groups in total. The molecule has 0 radical (unpaired) electrons. The number of aromatic nitrogens is 2. The van der Waals surface area contributed by atoms with Gasteiger partial charge in [0, 0.05) is 35.6 Å². The van der Waals surface area contributed by atoms with Crippen molar-refractivity contribution in [3.8, 4) is 0 Å². The van der Waals surface area contributed by atoms with Crippen molar-refractivity contribution in [2.45, 2.75) is 0 Å². The Morgan fingerprint density at radius 3 is 1.60 bits per heavy atom. The summed E-state index contributed by atoms with van der Waals surface area (Å²) < 4.78 is 5.01. The molecular weight excluding hydrogens is 316 g/mol. The summed E-state index contributed by atoms with van der Waals surface area (Å²) >= 11 is 0. The van der Waals surface area contributed by atoms with Crippen LogP contribution >= 0.6 is 0 Å². The molecule has 25 heavy (non-hydrogen) atoms. The van der Waals surface area contributed by atoms with E-state index < -0.39 is 11.9 Å². The van der Waals surface area contributed by atoms with E-state index in [-0.39, 0.29) is 0 Å². The third kappa shape index (κ3) is 2.95. The van der Waals surface area contributed by atoms with Gasteiger partial charge in [0.15, 0.2) is 0 Å². The average Bonchev–Trinajstić information content (AvgIpc) is 2.67. The maximum atomic E-state index is 12.3. The number of carbonyl (C=O) groups excluding carboxylic acids is 2. The fourth-order valence-corrected chi connectivity index (χ4v) is 2.62. The van der Waals surface area contributed by atoms with Crippen molar-refractivity contribution in [2.24, 2.45) is 0 Å². The van der Waals surface area contributed by atoms with Gasteiger partial charge in [-0.1, -0.05) is 12.1 Å². The number of esters is 2. The van der Waals surface area contributed by atoms with Gasteiger partial charge in [0.1, 0.15) is 0 Å². The quantitative estimate of drug-likeness (QED) is 0.414. The van der Waals surface area contributed by atoms with Gasteiger partial charge in [-0.25, -0.2) is 9.59 Å². The highest BCUT2D eigenvalue weighted by Gasteiger charge is 2.15. The number of pyridine rings is 2. The number of rotatable bonds is 2. The van der Waals surface area contributed by atoms with E-state index in [4.69, 9.17) is 4.74 Å². The molecule has 2 aromatic carbocycles. The largest absolute Gasteiger partial charge is 0.386 e. The second kappa shape index (κ2) is 6.13. The predicted octanol–water partition coefficient (Wildman–Crippen LogP) is 3.78. The minimum atomic E-state index is -0.682. The molecule has 5 heteroatoms. The number of carbonyl (C=O) groups is 2. The van der Waals surface area contributed by atoms with Gasteiger partial charge in [0.2, 0.25) is 0 Å². The summed E-state index contributed by atoms with van der Waals surface area (Å²) in [4.78, 5) is 32.6. The fourth-order valence-electron chi connectivity index (χ4n) is 2.62. The molecule has 0 aliphatic heterocycles. The van der Waals surface area contributed by atoms with Gasteiger partial charge in [-0.3, -0.25) is 9.97 Å². The maximum absolute atomic E-state index is 12.3. The Kier molecular flexibility index (Phi) is 3.67. The van der Waals surface area contributed by atoms with Gasteiger partial charge in [0.25, 0.3) is 0 Å². The molecule has 0 spiro atoms. The monoisotopic (exact) mass is 328 g/mol. The number of benzene rings is 2. The van der Waals surface area contributed by atoms with Crippen LogP contribution in [0.15, 0.2) is 73.3 Å². The molecule has 0 amide bonds. The summed E-state index contributed by atoms with van der Waals surface area (Å²) in [6.07, 6.45) is 6.71. The standard InChI is InChI=1S/C20H12N2O3/c23-19(15-1-3-17-11-21-7-5-13(17)9-15)25-20(24)16-2-4-18-12-22-8-6-14(18)10-16/h1-12H. The zero-order valence-electron chi connectivity index (χ0n) is 13.0. The smallest absolute Gasteiger partial charge is 0.346 e. The van der Waals surface area contributed by atoms with Crippen LogP contribution in [-0.4, -0.2) is 21.9 Å². The normalized spacial score (nSPS) is 10.7. The maximum Gasteiger partial charge on any atom is 0.346 e. The van der Waals surface area contributed by atoms with Crippen LogP contribution in [0, 0.1) is 0 Å². The molecule has 0 saturated heterocycles. The predicted molar refractivity (Wildman–Crippen MR) is 93.2 cm³/mol. The lowest BCUT2D eigenvalue weighted by atomic mass is 10.1. The molecular formula is C20H12N2O3. The summed E-state index contributed by atoms with van der Waals surface area (Å²) in [5.41, 5.74) is 0.633. The van der Waals surface area contributed by atoms with E-state index in [0.29, 0.717) is 11.1 Å². The molecule has 0 aliphatic carbocycles. The van der Waals surface area contributed by atoms with E-state index in [0.717, 1.165) is 21.5 Å². The van der Waals surface area contributed by atoms with Gasteiger partial charge in [0.05, 0.1) is 11.1 Å². The van der Waals surface area contributed by atoms with Gasteiger partial charge < -0.3 is 4.74 Å². The second-order valence-electron chi connectivity index (χ2n) is 5.55. The Hall–Kier alpha value is -3.60. The molecule has 2 heterocycles. The zero-order chi connectivity index (χ0) is 17.2. The third-order valence-corrected chi connectivity index (χ3v) is 3.94. The topological polar surface area (TPSA) is 69.2 Å². The van der Waals surface area contributed by atoms with E-state index in [9.17, 15) is 9.59 Å². The molecule has 5 nitrogen and oxygen atoms in total. The van der Waals surface area contributed by atoms with Crippen LogP contribution in [-0.2, 0) is 4.74 Å². The lowest BCUT2D eigenvalue weighted by Crippen LogP contribution is -2.12. The van der Waals surface area contributed by atoms with Gasteiger partial charge in [-0.15, -0.1) is 0 Å². The van der Waals surface area contributed by atoms with Crippen molar-refractivity contribution < 1.29 is 14.3 Å². The first-order chi connectivity index (χ1) is 12.2. The van der Waals surface area contributed by atoms with Gasteiger partial charge in [-0.05, 0) is 47.2 Å². The van der Waals surface area contributed by atoms with E-state index in [1.165, 1.54) is 0 Å². The second-order valence-corrected chi connectivity index (χ2v) is 5.55. The van der Waals surface area contributed by atoms with Gasteiger partial charge in [-0.2, -0.15) is 0 Å². The van der Waals surface area contributed by atoms with E-state index in [2.05, 4.69) is 9.97 Å². The minimum Gasteiger partial charge on any atom is -0.386 e. The molecule has 4 aromatic rings. The Morgan fingerprint density at radius 1 is 0.640 bits per heavy atom.